The Balaban J connectivity index is 1.73. The number of aromatic nitrogens is 3. The molecular formula is C17H25N7O. The highest BCUT2D eigenvalue weighted by Crippen LogP contribution is 2.19. The molecule has 0 saturated carbocycles. The zero-order valence-electron chi connectivity index (χ0n) is 14.6. The molecule has 0 spiro atoms. The van der Waals surface area contributed by atoms with Crippen LogP contribution in [0.4, 0.5) is 0 Å². The van der Waals surface area contributed by atoms with Crippen LogP contribution < -0.4 is 11.1 Å². The van der Waals surface area contributed by atoms with Gasteiger partial charge in [0.15, 0.2) is 17.4 Å². The molecule has 2 aromatic rings. The Bertz CT molecular complexity index is 754. The molecule has 0 aromatic carbocycles. The minimum Gasteiger partial charge on any atom is -0.370 e. The van der Waals surface area contributed by atoms with Gasteiger partial charge < -0.3 is 16.0 Å². The van der Waals surface area contributed by atoms with E-state index in [1.165, 1.54) is 0 Å². The molecule has 134 valence electrons. The molecule has 1 atom stereocenters. The van der Waals surface area contributed by atoms with Gasteiger partial charge in [0, 0.05) is 32.3 Å². The minimum absolute atomic E-state index is 0.233. The third-order valence-electron chi connectivity index (χ3n) is 4.40. The maximum Gasteiger partial charge on any atom is 0.217 e. The van der Waals surface area contributed by atoms with Crippen molar-refractivity contribution in [3.05, 3.63) is 30.2 Å². The molecule has 1 amide bonds. The monoisotopic (exact) mass is 343 g/mol. The normalized spacial score (nSPS) is 18.5. The Hall–Kier alpha value is -2.64. The fraction of sp³-hybridized carbons (Fsp3) is 0.529. The second kappa shape index (κ2) is 7.96. The number of nitrogens with two attached hydrogens (primary N) is 1. The highest BCUT2D eigenvalue weighted by atomic mass is 16.1. The van der Waals surface area contributed by atoms with Gasteiger partial charge >= 0.3 is 0 Å². The van der Waals surface area contributed by atoms with Crippen molar-refractivity contribution in [1.29, 1.82) is 0 Å². The van der Waals surface area contributed by atoms with Gasteiger partial charge in [-0.3, -0.25) is 9.20 Å². The summed E-state index contributed by atoms with van der Waals surface area (Å²) in [6.07, 6.45) is 4.45. The van der Waals surface area contributed by atoms with Crippen molar-refractivity contribution in [2.24, 2.45) is 16.6 Å². The predicted octanol–water partition coefficient (Wildman–Crippen LogP) is 0.782. The van der Waals surface area contributed by atoms with Crippen LogP contribution in [0.25, 0.3) is 5.65 Å². The van der Waals surface area contributed by atoms with E-state index in [0.717, 1.165) is 49.9 Å². The van der Waals surface area contributed by atoms with Gasteiger partial charge in [0.05, 0.1) is 0 Å². The first-order chi connectivity index (χ1) is 12.2. The largest absolute Gasteiger partial charge is 0.370 e. The quantitative estimate of drug-likeness (QED) is 0.617. The molecule has 0 aliphatic carbocycles. The molecule has 25 heavy (non-hydrogen) atoms. The molecule has 0 radical (unpaired) electrons. The first kappa shape index (κ1) is 17.2. The number of pyridine rings is 1. The van der Waals surface area contributed by atoms with Crippen LogP contribution in [0.15, 0.2) is 29.4 Å². The summed E-state index contributed by atoms with van der Waals surface area (Å²) in [4.78, 5) is 18.2. The Morgan fingerprint density at radius 3 is 3.12 bits per heavy atom. The fourth-order valence-electron chi connectivity index (χ4n) is 3.28. The van der Waals surface area contributed by atoms with Gasteiger partial charge in [0.1, 0.15) is 6.54 Å². The summed E-state index contributed by atoms with van der Waals surface area (Å²) < 4.78 is 1.94. The third kappa shape index (κ3) is 4.26. The zero-order valence-corrected chi connectivity index (χ0v) is 14.6. The van der Waals surface area contributed by atoms with Crippen LogP contribution in [0, 0.1) is 5.92 Å². The van der Waals surface area contributed by atoms with E-state index in [-0.39, 0.29) is 5.91 Å². The van der Waals surface area contributed by atoms with Gasteiger partial charge in [-0.1, -0.05) is 6.07 Å². The van der Waals surface area contributed by atoms with E-state index in [1.807, 2.05) is 35.7 Å². The van der Waals surface area contributed by atoms with Gasteiger partial charge in [-0.2, -0.15) is 0 Å². The van der Waals surface area contributed by atoms with Crippen molar-refractivity contribution in [2.75, 3.05) is 19.6 Å². The second-order valence-corrected chi connectivity index (χ2v) is 6.34. The number of primary amides is 1. The summed E-state index contributed by atoms with van der Waals surface area (Å²) in [6.45, 7) is 5.02. The number of rotatable bonds is 5. The summed E-state index contributed by atoms with van der Waals surface area (Å²) in [7, 11) is 0. The van der Waals surface area contributed by atoms with Gasteiger partial charge in [-0.15, -0.1) is 10.2 Å². The van der Waals surface area contributed by atoms with Crippen molar-refractivity contribution >= 4 is 17.5 Å². The highest BCUT2D eigenvalue weighted by Gasteiger charge is 2.23. The predicted molar refractivity (Wildman–Crippen MR) is 95.9 cm³/mol. The molecule has 1 saturated heterocycles. The number of aliphatic imine (C=N–C) groups is 1. The zero-order chi connectivity index (χ0) is 17.6. The number of carbonyl (C=O) groups is 1. The summed E-state index contributed by atoms with van der Waals surface area (Å²) in [5.74, 6) is 1.72. The number of hydrogen-bond donors (Lipinski definition) is 2. The third-order valence-corrected chi connectivity index (χ3v) is 4.40. The van der Waals surface area contributed by atoms with Crippen molar-refractivity contribution in [1.82, 2.24) is 24.8 Å². The minimum atomic E-state index is -0.233. The average Bonchev–Trinajstić information content (AvgIpc) is 3.01. The van der Waals surface area contributed by atoms with Crippen LogP contribution >= 0.6 is 0 Å². The van der Waals surface area contributed by atoms with E-state index >= 15 is 0 Å². The smallest absolute Gasteiger partial charge is 0.217 e. The van der Waals surface area contributed by atoms with Gasteiger partial charge in [-0.05, 0) is 37.8 Å². The van der Waals surface area contributed by atoms with Crippen LogP contribution in [-0.2, 0) is 11.3 Å². The van der Waals surface area contributed by atoms with Crippen molar-refractivity contribution in [3.8, 4) is 0 Å². The molecule has 8 heteroatoms. The molecule has 1 aliphatic heterocycles. The first-order valence-electron chi connectivity index (χ1n) is 8.77. The second-order valence-electron chi connectivity index (χ2n) is 6.34. The lowest BCUT2D eigenvalue weighted by Gasteiger charge is -2.34. The van der Waals surface area contributed by atoms with Crippen molar-refractivity contribution < 1.29 is 4.79 Å². The Morgan fingerprint density at radius 2 is 2.32 bits per heavy atom. The van der Waals surface area contributed by atoms with E-state index in [4.69, 9.17) is 10.7 Å². The summed E-state index contributed by atoms with van der Waals surface area (Å²) in [6, 6.07) is 5.81. The van der Waals surface area contributed by atoms with E-state index in [0.29, 0.717) is 18.9 Å². The first-order valence-corrected chi connectivity index (χ1v) is 8.77. The molecule has 1 fully saturated rings. The Morgan fingerprint density at radius 1 is 1.44 bits per heavy atom. The Kier molecular flexibility index (Phi) is 5.47. The standard InChI is InChI=1S/C17H25N7O/c1-2-19-17(23-8-5-6-13(12-23)10-14(18)25)20-11-16-22-21-15-7-3-4-9-24(15)16/h3-4,7,9,13H,2,5-6,8,10-12H2,1H3,(H2,18,25)(H,19,20). The molecule has 1 aliphatic rings. The SMILES string of the molecule is CCNC(=NCc1nnc2ccccn12)N1CCCC(CC(N)=O)C1. The number of guanidine groups is 1. The molecule has 1 unspecified atom stereocenters. The summed E-state index contributed by atoms with van der Waals surface area (Å²) >= 11 is 0. The summed E-state index contributed by atoms with van der Waals surface area (Å²) in [5.41, 5.74) is 6.17. The number of carbonyl (C=O) groups excluding carboxylic acids is 1. The number of piperidine rings is 1. The van der Waals surface area contributed by atoms with Gasteiger partial charge in [0.2, 0.25) is 5.91 Å². The maximum atomic E-state index is 11.2. The van der Waals surface area contributed by atoms with Crippen LogP contribution in [0.2, 0.25) is 0 Å². The van der Waals surface area contributed by atoms with Crippen LogP contribution in [-0.4, -0.2) is 51.0 Å². The van der Waals surface area contributed by atoms with E-state index in [9.17, 15) is 4.79 Å². The van der Waals surface area contributed by atoms with Crippen LogP contribution in [0.3, 0.4) is 0 Å². The number of amides is 1. The lowest BCUT2D eigenvalue weighted by molar-refractivity contribution is -0.119. The van der Waals surface area contributed by atoms with Crippen LogP contribution in [0.5, 0.6) is 0 Å². The van der Waals surface area contributed by atoms with Gasteiger partial charge in [0.25, 0.3) is 0 Å². The van der Waals surface area contributed by atoms with Crippen LogP contribution in [0.1, 0.15) is 32.0 Å². The number of fused-ring (bicyclic) bond motifs is 1. The highest BCUT2D eigenvalue weighted by molar-refractivity contribution is 5.80. The summed E-state index contributed by atoms with van der Waals surface area (Å²) in [5, 5.41) is 11.7. The Labute approximate surface area is 147 Å². The van der Waals surface area contributed by atoms with E-state index < -0.39 is 0 Å². The lowest BCUT2D eigenvalue weighted by Crippen LogP contribution is -2.47. The number of nitrogens with zero attached hydrogens (tertiary/aromatic N) is 5. The van der Waals surface area contributed by atoms with Crippen molar-refractivity contribution in [3.63, 3.8) is 0 Å². The number of likely N-dealkylation sites (tertiary alicyclic amines) is 1. The maximum absolute atomic E-state index is 11.2. The molecule has 3 N–H and O–H groups in total. The lowest BCUT2D eigenvalue weighted by atomic mass is 9.95. The molecule has 3 rings (SSSR count). The van der Waals surface area contributed by atoms with Crippen molar-refractivity contribution in [2.45, 2.75) is 32.7 Å². The topological polar surface area (TPSA) is 101 Å². The number of nitrogens with one attached hydrogen (secondary N) is 1. The molecule has 0 bridgehead atoms. The molecule has 8 nitrogen and oxygen atoms in total. The molecule has 2 aromatic heterocycles. The van der Waals surface area contributed by atoms with E-state index in [2.05, 4.69) is 20.4 Å². The van der Waals surface area contributed by atoms with Gasteiger partial charge in [-0.25, -0.2) is 4.99 Å². The molecule has 3 heterocycles. The average molecular weight is 343 g/mol. The fourth-order valence-corrected chi connectivity index (χ4v) is 3.28. The number of hydrogen-bond acceptors (Lipinski definition) is 4. The molecular weight excluding hydrogens is 318 g/mol. The van der Waals surface area contributed by atoms with E-state index in [1.54, 1.807) is 0 Å².